The van der Waals surface area contributed by atoms with E-state index in [4.69, 9.17) is 0 Å². The van der Waals surface area contributed by atoms with Gasteiger partial charge in [-0.1, -0.05) is 0 Å². The molecule has 2 aromatic rings. The van der Waals surface area contributed by atoms with E-state index in [-0.39, 0.29) is 35.1 Å². The molecular formula is C10H7FNNaO4S. The van der Waals surface area contributed by atoms with E-state index < -0.39 is 26.9 Å². The smallest absolute Gasteiger partial charge is 0.743 e. The van der Waals surface area contributed by atoms with Gasteiger partial charge in [0.15, 0.2) is 0 Å². The van der Waals surface area contributed by atoms with Crippen molar-refractivity contribution in [1.29, 1.82) is 0 Å². The summed E-state index contributed by atoms with van der Waals surface area (Å²) in [4.78, 5) is 11.3. The minimum atomic E-state index is -4.78. The van der Waals surface area contributed by atoms with Crippen molar-refractivity contribution in [2.24, 2.45) is 0 Å². The van der Waals surface area contributed by atoms with Gasteiger partial charge in [-0.2, -0.15) is 0 Å². The molecule has 0 bridgehead atoms. The largest absolute Gasteiger partial charge is 1.00 e. The van der Waals surface area contributed by atoms with E-state index in [1.54, 1.807) is 0 Å². The minimum Gasteiger partial charge on any atom is -0.743 e. The Labute approximate surface area is 125 Å². The Morgan fingerprint density at radius 3 is 2.44 bits per heavy atom. The molecule has 8 heteroatoms. The number of fused-ring (bicyclic) bond motifs is 1. The van der Waals surface area contributed by atoms with Crippen LogP contribution in [0.2, 0.25) is 0 Å². The van der Waals surface area contributed by atoms with Crippen molar-refractivity contribution in [3.05, 3.63) is 30.1 Å². The summed E-state index contributed by atoms with van der Waals surface area (Å²) in [6.07, 6.45) is 0. The fourth-order valence-electron chi connectivity index (χ4n) is 1.66. The van der Waals surface area contributed by atoms with E-state index in [1.165, 1.54) is 6.07 Å². The molecule has 0 atom stereocenters. The maximum absolute atomic E-state index is 13.0. The van der Waals surface area contributed by atoms with E-state index in [0.717, 1.165) is 25.1 Å². The molecule has 0 aliphatic heterocycles. The minimum absolute atomic E-state index is 0. The van der Waals surface area contributed by atoms with Gasteiger partial charge in [0.2, 0.25) is 5.91 Å². The zero-order valence-corrected chi connectivity index (χ0v) is 12.5. The van der Waals surface area contributed by atoms with Crippen LogP contribution in [0.5, 0.6) is 0 Å². The fourth-order valence-corrected chi connectivity index (χ4v) is 2.38. The summed E-state index contributed by atoms with van der Waals surface area (Å²) in [5, 5.41) is -0.360. The summed E-state index contributed by atoms with van der Waals surface area (Å²) in [5.41, 5.74) is 0.0620. The summed E-state index contributed by atoms with van der Waals surface area (Å²) < 4.78 is 46.7. The number of benzene rings is 1. The number of carbonyl (C=O) groups is 1. The molecule has 0 unspecified atom stereocenters. The summed E-state index contributed by atoms with van der Waals surface area (Å²) >= 11 is 0. The maximum atomic E-state index is 13.0. The molecule has 1 aromatic heterocycles. The molecule has 0 aliphatic rings. The van der Waals surface area contributed by atoms with E-state index in [1.807, 2.05) is 0 Å². The molecule has 1 heterocycles. The Kier molecular flexibility index (Phi) is 4.34. The third-order valence-electron chi connectivity index (χ3n) is 2.30. The van der Waals surface area contributed by atoms with Gasteiger partial charge in [0, 0.05) is 12.3 Å². The van der Waals surface area contributed by atoms with Crippen molar-refractivity contribution in [2.45, 2.75) is 11.9 Å². The molecule has 1 aromatic carbocycles. The molecule has 18 heavy (non-hydrogen) atoms. The van der Waals surface area contributed by atoms with Crippen LogP contribution >= 0.6 is 0 Å². The fraction of sp³-hybridized carbons (Fsp3) is 0.100. The second-order valence-corrected chi connectivity index (χ2v) is 4.82. The number of hydrogen-bond acceptors (Lipinski definition) is 4. The average molecular weight is 279 g/mol. The second-order valence-electron chi connectivity index (χ2n) is 3.49. The normalized spacial score (nSPS) is 11.3. The second kappa shape index (κ2) is 5.10. The third kappa shape index (κ3) is 2.65. The van der Waals surface area contributed by atoms with Crippen LogP contribution in [-0.2, 0) is 10.1 Å². The van der Waals surface area contributed by atoms with Crippen LogP contribution in [0.4, 0.5) is 4.39 Å². The number of aromatic nitrogens is 1. The molecular weight excluding hydrogens is 272 g/mol. The predicted octanol–water partition coefficient (Wildman–Crippen LogP) is -1.65. The first kappa shape index (κ1) is 15.3. The van der Waals surface area contributed by atoms with Gasteiger partial charge in [-0.05, 0) is 24.3 Å². The molecule has 0 N–H and O–H groups in total. The zero-order valence-electron chi connectivity index (χ0n) is 9.68. The molecule has 90 valence electrons. The van der Waals surface area contributed by atoms with E-state index in [2.05, 4.69) is 0 Å². The number of hydrogen-bond donors (Lipinski definition) is 0. The van der Waals surface area contributed by atoms with Crippen LogP contribution in [0, 0.1) is 5.82 Å². The molecule has 0 saturated heterocycles. The Morgan fingerprint density at radius 2 is 1.94 bits per heavy atom. The first-order valence-electron chi connectivity index (χ1n) is 4.58. The standard InChI is InChI=1S/C10H8FNO4S.Na/c1-6(13)12-9-5-8(11)3-2-7(9)4-10(12)17(14,15)16;/h2-5H,1H3,(H,14,15,16);/q;+1/p-1. The van der Waals surface area contributed by atoms with E-state index >= 15 is 0 Å². The van der Waals surface area contributed by atoms with Gasteiger partial charge in [0.05, 0.1) is 5.52 Å². The molecule has 0 saturated carbocycles. The maximum Gasteiger partial charge on any atom is 1.00 e. The topological polar surface area (TPSA) is 79.2 Å². The summed E-state index contributed by atoms with van der Waals surface area (Å²) in [6, 6.07) is 4.48. The quantitative estimate of drug-likeness (QED) is 0.463. The summed E-state index contributed by atoms with van der Waals surface area (Å²) in [5.74, 6) is -1.28. The monoisotopic (exact) mass is 279 g/mol. The van der Waals surface area contributed by atoms with Gasteiger partial charge in [-0.15, -0.1) is 0 Å². The van der Waals surface area contributed by atoms with Crippen LogP contribution in [-0.4, -0.2) is 23.4 Å². The van der Waals surface area contributed by atoms with Crippen LogP contribution in [0.3, 0.4) is 0 Å². The van der Waals surface area contributed by atoms with Gasteiger partial charge in [-0.25, -0.2) is 12.8 Å². The van der Waals surface area contributed by atoms with Crippen molar-refractivity contribution in [3.63, 3.8) is 0 Å². The Balaban J connectivity index is 0.00000162. The molecule has 0 amide bonds. The molecule has 0 aliphatic carbocycles. The van der Waals surface area contributed by atoms with Crippen LogP contribution < -0.4 is 29.6 Å². The van der Waals surface area contributed by atoms with Crippen molar-refractivity contribution < 1.29 is 51.7 Å². The van der Waals surface area contributed by atoms with Crippen LogP contribution in [0.25, 0.3) is 10.9 Å². The van der Waals surface area contributed by atoms with Gasteiger partial charge in [0.25, 0.3) is 0 Å². The molecule has 2 rings (SSSR count). The number of nitrogens with zero attached hydrogens (tertiary/aromatic N) is 1. The van der Waals surface area contributed by atoms with Gasteiger partial charge in [-0.3, -0.25) is 9.36 Å². The van der Waals surface area contributed by atoms with Crippen molar-refractivity contribution in [2.75, 3.05) is 0 Å². The summed E-state index contributed by atoms with van der Waals surface area (Å²) in [7, 11) is -4.78. The Hall–Kier alpha value is -0.730. The SMILES string of the molecule is CC(=O)n1c(S(=O)(=O)[O-])cc2ccc(F)cc21.[Na+]. The number of carbonyl (C=O) groups excluding carboxylic acids is 1. The van der Waals surface area contributed by atoms with Crippen molar-refractivity contribution in [3.8, 4) is 0 Å². The predicted molar refractivity (Wildman–Crippen MR) is 56.2 cm³/mol. The average Bonchev–Trinajstić information content (AvgIpc) is 2.55. The Morgan fingerprint density at radius 1 is 1.33 bits per heavy atom. The first-order chi connectivity index (χ1) is 7.80. The third-order valence-corrected chi connectivity index (χ3v) is 3.12. The van der Waals surface area contributed by atoms with Gasteiger partial charge < -0.3 is 4.55 Å². The Bertz CT molecular complexity index is 723. The summed E-state index contributed by atoms with van der Waals surface area (Å²) in [6.45, 7) is 1.10. The van der Waals surface area contributed by atoms with Crippen molar-refractivity contribution >= 4 is 26.9 Å². The van der Waals surface area contributed by atoms with E-state index in [0.29, 0.717) is 9.95 Å². The number of rotatable bonds is 1. The van der Waals surface area contributed by atoms with Crippen LogP contribution in [0.15, 0.2) is 29.3 Å². The zero-order chi connectivity index (χ0) is 12.8. The molecule has 0 spiro atoms. The first-order valence-corrected chi connectivity index (χ1v) is 5.99. The van der Waals surface area contributed by atoms with Crippen LogP contribution in [0.1, 0.15) is 11.7 Å². The van der Waals surface area contributed by atoms with Crippen molar-refractivity contribution in [1.82, 2.24) is 4.57 Å². The molecule has 0 radical (unpaired) electrons. The number of halogens is 1. The molecule has 0 fully saturated rings. The van der Waals surface area contributed by atoms with Gasteiger partial charge in [0.1, 0.15) is 21.0 Å². The molecule has 5 nitrogen and oxygen atoms in total. The van der Waals surface area contributed by atoms with Gasteiger partial charge >= 0.3 is 29.6 Å². The van der Waals surface area contributed by atoms with E-state index in [9.17, 15) is 22.2 Å².